The maximum Gasteiger partial charge on any atom is 0.272 e. The Morgan fingerprint density at radius 2 is 1.78 bits per heavy atom. The van der Waals surface area contributed by atoms with Crippen LogP contribution < -0.4 is 14.2 Å². The summed E-state index contributed by atoms with van der Waals surface area (Å²) in [4.78, 5) is 21.2. The SMILES string of the molecule is CCc1ccc(COc2ccc(C3CN(C(=O)c4cc(OCCN5C[C@H](O)C[C@H]5CO)ccn4)C3)cc2OC)cc1. The van der Waals surface area contributed by atoms with Gasteiger partial charge < -0.3 is 29.3 Å². The number of rotatable bonds is 12. The van der Waals surface area contributed by atoms with E-state index in [-0.39, 0.29) is 24.5 Å². The average molecular weight is 562 g/mol. The van der Waals surface area contributed by atoms with E-state index in [0.717, 1.165) is 17.5 Å². The van der Waals surface area contributed by atoms with E-state index >= 15 is 0 Å². The molecule has 9 nitrogen and oxygen atoms in total. The molecule has 2 aliphatic heterocycles. The largest absolute Gasteiger partial charge is 0.493 e. The smallest absolute Gasteiger partial charge is 0.272 e. The zero-order valence-electron chi connectivity index (χ0n) is 23.7. The van der Waals surface area contributed by atoms with Gasteiger partial charge in [-0.05, 0) is 47.7 Å². The molecule has 0 radical (unpaired) electrons. The van der Waals surface area contributed by atoms with Crippen molar-refractivity contribution in [2.45, 2.75) is 44.4 Å². The summed E-state index contributed by atoms with van der Waals surface area (Å²) in [6.07, 6.45) is 2.74. The van der Waals surface area contributed by atoms with Gasteiger partial charge in [-0.15, -0.1) is 0 Å². The normalized spacial score (nSPS) is 19.2. The van der Waals surface area contributed by atoms with Crippen LogP contribution in [0.3, 0.4) is 0 Å². The Morgan fingerprint density at radius 3 is 2.51 bits per heavy atom. The van der Waals surface area contributed by atoms with Crippen LogP contribution in [0.1, 0.15) is 46.4 Å². The predicted octanol–water partition coefficient (Wildman–Crippen LogP) is 3.28. The Bertz CT molecular complexity index is 1310. The van der Waals surface area contributed by atoms with Crippen LogP contribution in [0.5, 0.6) is 17.2 Å². The Hall–Kier alpha value is -3.66. The maximum absolute atomic E-state index is 13.1. The third-order valence-corrected chi connectivity index (χ3v) is 7.97. The lowest BCUT2D eigenvalue weighted by molar-refractivity contribution is 0.0595. The molecule has 0 unspecified atom stereocenters. The van der Waals surface area contributed by atoms with Crippen molar-refractivity contribution in [1.82, 2.24) is 14.8 Å². The van der Waals surface area contributed by atoms with Gasteiger partial charge in [0.1, 0.15) is 24.7 Å². The van der Waals surface area contributed by atoms with E-state index in [9.17, 15) is 15.0 Å². The number of pyridine rings is 1. The second-order valence-electron chi connectivity index (χ2n) is 10.7. The number of hydrogen-bond donors (Lipinski definition) is 2. The molecule has 3 heterocycles. The average Bonchev–Trinajstić information content (AvgIpc) is 3.35. The van der Waals surface area contributed by atoms with Gasteiger partial charge in [-0.1, -0.05) is 37.3 Å². The van der Waals surface area contributed by atoms with Crippen molar-refractivity contribution < 1.29 is 29.2 Å². The summed E-state index contributed by atoms with van der Waals surface area (Å²) in [6.45, 7) is 5.31. The third kappa shape index (κ3) is 6.98. The molecule has 0 spiro atoms. The first-order valence-corrected chi connectivity index (χ1v) is 14.3. The predicted molar refractivity (Wildman–Crippen MR) is 155 cm³/mol. The molecule has 2 aliphatic rings. The molecule has 41 heavy (non-hydrogen) atoms. The number of aliphatic hydroxyl groups excluding tert-OH is 2. The van der Waals surface area contributed by atoms with Crippen LogP contribution in [0, 0.1) is 0 Å². The second kappa shape index (κ2) is 13.3. The summed E-state index contributed by atoms with van der Waals surface area (Å²) in [7, 11) is 1.64. The number of aryl methyl sites for hydroxylation is 1. The number of carbonyl (C=O) groups is 1. The van der Waals surface area contributed by atoms with Crippen LogP contribution >= 0.6 is 0 Å². The molecule has 1 amide bonds. The molecule has 0 bridgehead atoms. The van der Waals surface area contributed by atoms with Gasteiger partial charge in [0.15, 0.2) is 11.5 Å². The molecule has 9 heteroatoms. The van der Waals surface area contributed by atoms with E-state index in [1.807, 2.05) is 23.1 Å². The molecule has 5 rings (SSSR count). The van der Waals surface area contributed by atoms with Crippen molar-refractivity contribution in [3.63, 3.8) is 0 Å². The number of nitrogens with zero attached hydrogens (tertiary/aromatic N) is 3. The second-order valence-corrected chi connectivity index (χ2v) is 10.7. The number of aromatic nitrogens is 1. The number of β-amino-alcohol motifs (C(OH)–C–C–N with tert-alkyl or cyclic N) is 1. The zero-order chi connectivity index (χ0) is 28.8. The monoisotopic (exact) mass is 561 g/mol. The van der Waals surface area contributed by atoms with Gasteiger partial charge in [-0.3, -0.25) is 14.7 Å². The van der Waals surface area contributed by atoms with Gasteiger partial charge in [0, 0.05) is 50.4 Å². The van der Waals surface area contributed by atoms with E-state index in [0.29, 0.717) is 68.8 Å². The number of ether oxygens (including phenoxy) is 3. The van der Waals surface area contributed by atoms with Crippen LogP contribution in [0.2, 0.25) is 0 Å². The number of methoxy groups -OCH3 is 1. The molecule has 2 N–H and O–H groups in total. The lowest BCUT2D eigenvalue weighted by Crippen LogP contribution is -2.48. The van der Waals surface area contributed by atoms with Gasteiger partial charge in [-0.2, -0.15) is 0 Å². The number of benzene rings is 2. The number of amides is 1. The van der Waals surface area contributed by atoms with Crippen molar-refractivity contribution >= 4 is 5.91 Å². The summed E-state index contributed by atoms with van der Waals surface area (Å²) in [5.74, 6) is 2.02. The quantitative estimate of drug-likeness (QED) is 0.347. The van der Waals surface area contributed by atoms with Crippen LogP contribution in [0.25, 0.3) is 0 Å². The topological polar surface area (TPSA) is 105 Å². The first-order chi connectivity index (χ1) is 20.0. The summed E-state index contributed by atoms with van der Waals surface area (Å²) < 4.78 is 17.5. The molecule has 218 valence electrons. The lowest BCUT2D eigenvalue weighted by Gasteiger charge is -2.39. The van der Waals surface area contributed by atoms with Gasteiger partial charge in [0.05, 0.1) is 19.8 Å². The van der Waals surface area contributed by atoms with Crippen molar-refractivity contribution in [1.29, 1.82) is 0 Å². The lowest BCUT2D eigenvalue weighted by atomic mass is 9.91. The Labute approximate surface area is 241 Å². The first kappa shape index (κ1) is 28.9. The first-order valence-electron chi connectivity index (χ1n) is 14.3. The highest BCUT2D eigenvalue weighted by atomic mass is 16.5. The highest BCUT2D eigenvalue weighted by Gasteiger charge is 2.34. The standard InChI is InChI=1S/C32H39N3O6/c1-3-22-4-6-23(7-5-22)21-41-30-9-8-24(14-31(30)39-2)25-17-35(18-25)32(38)29-16-28(10-11-33-29)40-13-12-34-19-27(37)15-26(34)20-36/h4-11,14,16,25-27,36-37H,3,12-13,15,17-21H2,1-2H3/t26-,27+/m0/s1. The van der Waals surface area contributed by atoms with Crippen LogP contribution in [-0.4, -0.2) is 89.6 Å². The fourth-order valence-electron chi connectivity index (χ4n) is 5.43. The number of likely N-dealkylation sites (tertiary alicyclic amines) is 2. The molecule has 0 saturated carbocycles. The van der Waals surface area contributed by atoms with Gasteiger partial charge in [0.25, 0.3) is 5.91 Å². The van der Waals surface area contributed by atoms with E-state index in [2.05, 4.69) is 36.2 Å². The molecular formula is C32H39N3O6. The highest BCUT2D eigenvalue weighted by molar-refractivity contribution is 5.93. The van der Waals surface area contributed by atoms with E-state index in [4.69, 9.17) is 14.2 Å². The van der Waals surface area contributed by atoms with Crippen LogP contribution in [-0.2, 0) is 13.0 Å². The van der Waals surface area contributed by atoms with E-state index < -0.39 is 6.10 Å². The minimum atomic E-state index is -0.418. The number of hydrogen-bond acceptors (Lipinski definition) is 8. The Balaban J connectivity index is 1.12. The fourth-order valence-corrected chi connectivity index (χ4v) is 5.43. The van der Waals surface area contributed by atoms with Crippen LogP contribution in [0.4, 0.5) is 0 Å². The summed E-state index contributed by atoms with van der Waals surface area (Å²) >= 11 is 0. The molecule has 2 aromatic carbocycles. The third-order valence-electron chi connectivity index (χ3n) is 7.97. The fraction of sp³-hybridized carbons (Fsp3) is 0.438. The van der Waals surface area contributed by atoms with Crippen molar-refractivity contribution in [3.05, 3.63) is 83.2 Å². The van der Waals surface area contributed by atoms with Crippen molar-refractivity contribution in [2.75, 3.05) is 46.5 Å². The molecular weight excluding hydrogens is 522 g/mol. The van der Waals surface area contributed by atoms with Gasteiger partial charge in [0.2, 0.25) is 0 Å². The van der Waals surface area contributed by atoms with E-state index in [1.165, 1.54) is 5.56 Å². The summed E-state index contributed by atoms with van der Waals surface area (Å²) in [5.41, 5.74) is 3.85. The number of aliphatic hydroxyl groups is 2. The summed E-state index contributed by atoms with van der Waals surface area (Å²) in [6, 6.07) is 17.7. The number of carbonyl (C=O) groups excluding carboxylic acids is 1. The molecule has 2 atom stereocenters. The minimum absolute atomic E-state index is 0.0145. The van der Waals surface area contributed by atoms with Crippen molar-refractivity contribution in [3.8, 4) is 17.2 Å². The van der Waals surface area contributed by atoms with Crippen molar-refractivity contribution in [2.24, 2.45) is 0 Å². The Morgan fingerprint density at radius 1 is 1.00 bits per heavy atom. The summed E-state index contributed by atoms with van der Waals surface area (Å²) in [5, 5.41) is 19.3. The molecule has 2 fully saturated rings. The zero-order valence-corrected chi connectivity index (χ0v) is 23.7. The van der Waals surface area contributed by atoms with Crippen LogP contribution in [0.15, 0.2) is 60.8 Å². The highest BCUT2D eigenvalue weighted by Crippen LogP contribution is 2.35. The Kier molecular flexibility index (Phi) is 9.38. The molecule has 3 aromatic rings. The molecule has 1 aromatic heterocycles. The van der Waals surface area contributed by atoms with Gasteiger partial charge >= 0.3 is 0 Å². The van der Waals surface area contributed by atoms with E-state index in [1.54, 1.807) is 30.3 Å². The molecule has 2 saturated heterocycles. The minimum Gasteiger partial charge on any atom is -0.493 e. The van der Waals surface area contributed by atoms with Gasteiger partial charge in [-0.25, -0.2) is 0 Å². The molecule has 0 aliphatic carbocycles. The maximum atomic E-state index is 13.1.